The van der Waals surface area contributed by atoms with Crippen LogP contribution in [-0.2, 0) is 5.54 Å². The van der Waals surface area contributed by atoms with Gasteiger partial charge in [0.15, 0.2) is 0 Å². The summed E-state index contributed by atoms with van der Waals surface area (Å²) in [4.78, 5) is 10.2. The zero-order valence-corrected chi connectivity index (χ0v) is 12.1. The van der Waals surface area contributed by atoms with Gasteiger partial charge in [-0.3, -0.25) is 0 Å². The van der Waals surface area contributed by atoms with E-state index in [2.05, 4.69) is 19.1 Å². The number of carbonyl (C=O) groups is 1. The first-order valence-corrected chi connectivity index (χ1v) is 6.45. The first kappa shape index (κ1) is 15.9. The molecule has 0 heterocycles. The van der Waals surface area contributed by atoms with E-state index in [0.29, 0.717) is 5.56 Å². The fraction of sp³-hybridized carbons (Fsp3) is 0.235. The second-order valence-corrected chi connectivity index (χ2v) is 5.21. The molecule has 3 N–H and O–H groups in total. The SMILES string of the molecule is Cc1ccccc1C(C)(C)N.O=C(O)c1ccccc1. The third-order valence-corrected chi connectivity index (χ3v) is 2.86. The lowest BCUT2D eigenvalue weighted by molar-refractivity contribution is 0.0697. The van der Waals surface area contributed by atoms with Crippen LogP contribution < -0.4 is 5.73 Å². The predicted octanol–water partition coefficient (Wildman–Crippen LogP) is 3.57. The maximum absolute atomic E-state index is 10.2. The third kappa shape index (κ3) is 4.86. The van der Waals surface area contributed by atoms with Crippen LogP contribution in [0.5, 0.6) is 0 Å². The number of nitrogens with two attached hydrogens (primary N) is 1. The second kappa shape index (κ2) is 6.87. The summed E-state index contributed by atoms with van der Waals surface area (Å²) in [7, 11) is 0. The third-order valence-electron chi connectivity index (χ3n) is 2.86. The molecule has 106 valence electrons. The average molecular weight is 271 g/mol. The van der Waals surface area contributed by atoms with Crippen molar-refractivity contribution in [1.29, 1.82) is 0 Å². The summed E-state index contributed by atoms with van der Waals surface area (Å²) in [6.45, 7) is 6.13. The zero-order chi connectivity index (χ0) is 15.2. The van der Waals surface area contributed by atoms with Gasteiger partial charge in [0, 0.05) is 5.54 Å². The van der Waals surface area contributed by atoms with Crippen molar-refractivity contribution in [2.24, 2.45) is 5.73 Å². The molecular weight excluding hydrogens is 250 g/mol. The largest absolute Gasteiger partial charge is 0.478 e. The molecule has 0 fully saturated rings. The Balaban J connectivity index is 0.000000204. The number of carboxylic acids is 1. The van der Waals surface area contributed by atoms with Crippen LogP contribution in [0, 0.1) is 6.92 Å². The lowest BCUT2D eigenvalue weighted by Crippen LogP contribution is -2.29. The Bertz CT molecular complexity index is 557. The topological polar surface area (TPSA) is 63.3 Å². The Morgan fingerprint density at radius 1 is 1.00 bits per heavy atom. The Labute approximate surface area is 120 Å². The molecule has 0 aliphatic rings. The monoisotopic (exact) mass is 271 g/mol. The van der Waals surface area contributed by atoms with E-state index in [1.165, 1.54) is 11.1 Å². The highest BCUT2D eigenvalue weighted by Gasteiger charge is 2.14. The van der Waals surface area contributed by atoms with Crippen LogP contribution in [0.25, 0.3) is 0 Å². The van der Waals surface area contributed by atoms with E-state index in [4.69, 9.17) is 10.8 Å². The minimum absolute atomic E-state index is 0.217. The van der Waals surface area contributed by atoms with Gasteiger partial charge in [-0.15, -0.1) is 0 Å². The molecular formula is C17H21NO2. The molecule has 0 radical (unpaired) electrons. The molecule has 2 aromatic carbocycles. The van der Waals surface area contributed by atoms with Crippen LogP contribution >= 0.6 is 0 Å². The highest BCUT2D eigenvalue weighted by Crippen LogP contribution is 2.19. The Morgan fingerprint density at radius 2 is 1.50 bits per heavy atom. The number of hydrogen-bond donors (Lipinski definition) is 2. The summed E-state index contributed by atoms with van der Waals surface area (Å²) in [5, 5.41) is 8.38. The number of benzene rings is 2. The molecule has 3 heteroatoms. The van der Waals surface area contributed by atoms with Crippen LogP contribution in [0.4, 0.5) is 0 Å². The van der Waals surface area contributed by atoms with E-state index in [1.54, 1.807) is 30.3 Å². The molecule has 0 aliphatic heterocycles. The minimum Gasteiger partial charge on any atom is -0.478 e. The molecule has 0 aliphatic carbocycles. The summed E-state index contributed by atoms with van der Waals surface area (Å²) in [5.74, 6) is -0.879. The summed E-state index contributed by atoms with van der Waals surface area (Å²) in [5.41, 5.74) is 8.56. The van der Waals surface area contributed by atoms with Crippen molar-refractivity contribution in [3.8, 4) is 0 Å². The molecule has 0 unspecified atom stereocenters. The van der Waals surface area contributed by atoms with Gasteiger partial charge >= 0.3 is 5.97 Å². The van der Waals surface area contributed by atoms with Crippen LogP contribution in [0.1, 0.15) is 35.3 Å². The van der Waals surface area contributed by atoms with Crippen molar-refractivity contribution in [3.05, 3.63) is 71.3 Å². The van der Waals surface area contributed by atoms with Crippen LogP contribution in [0.3, 0.4) is 0 Å². The molecule has 0 bridgehead atoms. The van der Waals surface area contributed by atoms with Crippen molar-refractivity contribution >= 4 is 5.97 Å². The fourth-order valence-corrected chi connectivity index (χ4v) is 1.88. The van der Waals surface area contributed by atoms with Gasteiger partial charge in [0.05, 0.1) is 5.56 Å². The number of rotatable bonds is 2. The Kier molecular flexibility index (Phi) is 5.47. The first-order chi connectivity index (χ1) is 9.32. The summed E-state index contributed by atoms with van der Waals surface area (Å²) < 4.78 is 0. The van der Waals surface area contributed by atoms with E-state index in [0.717, 1.165) is 0 Å². The van der Waals surface area contributed by atoms with Crippen molar-refractivity contribution in [3.63, 3.8) is 0 Å². The normalized spacial score (nSPS) is 10.4. The maximum atomic E-state index is 10.2. The minimum atomic E-state index is -0.879. The van der Waals surface area contributed by atoms with Crippen LogP contribution in [0.2, 0.25) is 0 Å². The molecule has 0 atom stereocenters. The van der Waals surface area contributed by atoms with Crippen molar-refractivity contribution in [2.45, 2.75) is 26.3 Å². The number of aryl methyl sites for hydroxylation is 1. The van der Waals surface area contributed by atoms with Gasteiger partial charge in [-0.05, 0) is 44.0 Å². The molecule has 0 aromatic heterocycles. The lowest BCUT2D eigenvalue weighted by atomic mass is 9.92. The smallest absolute Gasteiger partial charge is 0.335 e. The van der Waals surface area contributed by atoms with Gasteiger partial charge in [0.25, 0.3) is 0 Å². The highest BCUT2D eigenvalue weighted by atomic mass is 16.4. The fourth-order valence-electron chi connectivity index (χ4n) is 1.88. The van der Waals surface area contributed by atoms with E-state index in [1.807, 2.05) is 26.0 Å². The van der Waals surface area contributed by atoms with Gasteiger partial charge < -0.3 is 10.8 Å². The maximum Gasteiger partial charge on any atom is 0.335 e. The van der Waals surface area contributed by atoms with E-state index in [-0.39, 0.29) is 5.54 Å². The Hall–Kier alpha value is -2.13. The standard InChI is InChI=1S/C10H15N.C7H6O2/c1-8-6-4-5-7-9(8)10(2,3)11;8-7(9)6-4-2-1-3-5-6/h4-7H,11H2,1-3H3;1-5H,(H,8,9). The summed E-state index contributed by atoms with van der Waals surface area (Å²) in [6, 6.07) is 16.5. The van der Waals surface area contributed by atoms with E-state index in [9.17, 15) is 4.79 Å². The summed E-state index contributed by atoms with van der Waals surface area (Å²) >= 11 is 0. The first-order valence-electron chi connectivity index (χ1n) is 6.45. The van der Waals surface area contributed by atoms with Gasteiger partial charge in [0.2, 0.25) is 0 Å². The lowest BCUT2D eigenvalue weighted by Gasteiger charge is -2.21. The van der Waals surface area contributed by atoms with Crippen LogP contribution in [0.15, 0.2) is 54.6 Å². The molecule has 0 amide bonds. The molecule has 0 saturated heterocycles. The molecule has 0 spiro atoms. The molecule has 3 nitrogen and oxygen atoms in total. The Morgan fingerprint density at radius 3 is 1.85 bits per heavy atom. The predicted molar refractivity (Wildman–Crippen MR) is 81.8 cm³/mol. The van der Waals surface area contributed by atoms with Gasteiger partial charge in [0.1, 0.15) is 0 Å². The zero-order valence-electron chi connectivity index (χ0n) is 12.1. The quantitative estimate of drug-likeness (QED) is 0.877. The molecule has 2 rings (SSSR count). The molecule has 20 heavy (non-hydrogen) atoms. The van der Waals surface area contributed by atoms with Crippen LogP contribution in [-0.4, -0.2) is 11.1 Å². The van der Waals surface area contributed by atoms with Gasteiger partial charge in [-0.1, -0.05) is 42.5 Å². The van der Waals surface area contributed by atoms with E-state index < -0.39 is 5.97 Å². The second-order valence-electron chi connectivity index (χ2n) is 5.21. The highest BCUT2D eigenvalue weighted by molar-refractivity contribution is 5.87. The van der Waals surface area contributed by atoms with Gasteiger partial charge in [-0.25, -0.2) is 4.79 Å². The van der Waals surface area contributed by atoms with E-state index >= 15 is 0 Å². The number of carboxylic acid groups (broad SMARTS) is 1. The van der Waals surface area contributed by atoms with Crippen molar-refractivity contribution in [1.82, 2.24) is 0 Å². The number of aromatic carboxylic acids is 1. The van der Waals surface area contributed by atoms with Crippen molar-refractivity contribution < 1.29 is 9.90 Å². The number of hydrogen-bond acceptors (Lipinski definition) is 2. The molecule has 0 saturated carbocycles. The average Bonchev–Trinajstić information content (AvgIpc) is 2.39. The molecule has 2 aromatic rings. The summed E-state index contributed by atoms with van der Waals surface area (Å²) in [6.07, 6.45) is 0. The van der Waals surface area contributed by atoms with Gasteiger partial charge in [-0.2, -0.15) is 0 Å². The van der Waals surface area contributed by atoms with Crippen molar-refractivity contribution in [2.75, 3.05) is 0 Å².